The van der Waals surface area contributed by atoms with Crippen molar-refractivity contribution >= 4 is 19.6 Å². The van der Waals surface area contributed by atoms with E-state index in [1.54, 1.807) is 6.08 Å². The third-order valence-electron chi connectivity index (χ3n) is 5.20. The van der Waals surface area contributed by atoms with Gasteiger partial charge in [-0.05, 0) is 42.7 Å². The van der Waals surface area contributed by atoms with Crippen LogP contribution in [0.25, 0.3) is 0 Å². The van der Waals surface area contributed by atoms with Crippen molar-refractivity contribution in [1.82, 2.24) is 0 Å². The largest absolute Gasteiger partial charge is 0.290 e. The first kappa shape index (κ1) is 14.7. The van der Waals surface area contributed by atoms with Crippen LogP contribution in [0.3, 0.4) is 0 Å². The molecule has 1 aliphatic heterocycles. The Balaban J connectivity index is 2.18. The van der Waals surface area contributed by atoms with Gasteiger partial charge in [0.05, 0.1) is 0 Å². The van der Waals surface area contributed by atoms with Gasteiger partial charge in [0.1, 0.15) is 8.07 Å². The first-order chi connectivity index (χ1) is 9.65. The van der Waals surface area contributed by atoms with Gasteiger partial charge in [0.15, 0.2) is 11.6 Å². The Morgan fingerprint density at radius 1 is 1.05 bits per heavy atom. The third kappa shape index (κ3) is 1.97. The zero-order valence-corrected chi connectivity index (χ0v) is 14.7. The average Bonchev–Trinajstić information content (AvgIpc) is 2.62. The molecule has 1 heterocycles. The molecule has 2 nitrogen and oxygen atoms in total. The van der Waals surface area contributed by atoms with Crippen LogP contribution >= 0.6 is 0 Å². The van der Waals surface area contributed by atoms with E-state index < -0.39 is 8.07 Å². The molecule has 0 N–H and O–H groups in total. The van der Waals surface area contributed by atoms with Crippen LogP contribution in [0, 0.1) is 5.41 Å². The predicted molar refractivity (Wildman–Crippen MR) is 87.6 cm³/mol. The lowest BCUT2D eigenvalue weighted by Crippen LogP contribution is -2.38. The average molecular weight is 300 g/mol. The predicted octanol–water partition coefficient (Wildman–Crippen LogP) is 4.08. The molecule has 3 heteroatoms. The molecule has 0 saturated carbocycles. The topological polar surface area (TPSA) is 34.1 Å². The Kier molecular flexibility index (Phi) is 3.07. The Hall–Kier alpha value is -1.22. The molecular formula is C18H24O2Si. The lowest BCUT2D eigenvalue weighted by atomic mass is 9.78. The fraction of sp³-hybridized carbons (Fsp3) is 0.556. The maximum atomic E-state index is 13.1. The van der Waals surface area contributed by atoms with Gasteiger partial charge in [-0.2, -0.15) is 0 Å². The number of carbonyl (C=O) groups is 2. The maximum Gasteiger partial charge on any atom is 0.186 e. The summed E-state index contributed by atoms with van der Waals surface area (Å²) in [5.41, 5.74) is 2.49. The highest BCUT2D eigenvalue weighted by atomic mass is 28.3. The number of carbonyl (C=O) groups excluding carboxylic acids is 2. The highest BCUT2D eigenvalue weighted by Gasteiger charge is 2.49. The summed E-state index contributed by atoms with van der Waals surface area (Å²) in [5.74, 6) is 0.241. The van der Waals surface area contributed by atoms with Gasteiger partial charge in [-0.15, -0.1) is 0 Å². The summed E-state index contributed by atoms with van der Waals surface area (Å²) >= 11 is 0. The van der Waals surface area contributed by atoms with Crippen molar-refractivity contribution in [1.29, 1.82) is 0 Å². The molecule has 0 fully saturated rings. The fourth-order valence-corrected chi connectivity index (χ4v) is 7.82. The molecule has 0 spiro atoms. The van der Waals surface area contributed by atoms with Crippen LogP contribution in [0.1, 0.15) is 46.5 Å². The summed E-state index contributed by atoms with van der Waals surface area (Å²) in [6.07, 6.45) is 6.06. The van der Waals surface area contributed by atoms with Crippen LogP contribution in [0.2, 0.25) is 13.1 Å². The zero-order chi connectivity index (χ0) is 15.6. The second-order valence-electron chi connectivity index (χ2n) is 8.04. The minimum Gasteiger partial charge on any atom is -0.290 e. The van der Waals surface area contributed by atoms with Crippen molar-refractivity contribution < 1.29 is 9.59 Å². The monoisotopic (exact) mass is 300 g/mol. The van der Waals surface area contributed by atoms with Crippen molar-refractivity contribution in [2.24, 2.45) is 5.41 Å². The van der Waals surface area contributed by atoms with E-state index >= 15 is 0 Å². The van der Waals surface area contributed by atoms with Crippen molar-refractivity contribution in [3.05, 3.63) is 33.2 Å². The lowest BCUT2D eigenvalue weighted by Gasteiger charge is -2.30. The van der Waals surface area contributed by atoms with E-state index in [-0.39, 0.29) is 17.0 Å². The molecule has 0 saturated heterocycles. The molecule has 0 amide bonds. The van der Waals surface area contributed by atoms with E-state index in [0.29, 0.717) is 5.57 Å². The van der Waals surface area contributed by atoms with Gasteiger partial charge < -0.3 is 0 Å². The molecule has 21 heavy (non-hydrogen) atoms. The lowest BCUT2D eigenvalue weighted by molar-refractivity contribution is -0.116. The molecule has 112 valence electrons. The van der Waals surface area contributed by atoms with Crippen LogP contribution in [0.5, 0.6) is 0 Å². The Morgan fingerprint density at radius 2 is 1.67 bits per heavy atom. The number of hydrogen-bond acceptors (Lipinski definition) is 2. The van der Waals surface area contributed by atoms with Crippen molar-refractivity contribution in [2.45, 2.75) is 59.5 Å². The highest BCUT2D eigenvalue weighted by Crippen LogP contribution is 2.49. The normalized spacial score (nSPS) is 25.1. The first-order valence-corrected chi connectivity index (χ1v) is 10.9. The Labute approximate surface area is 128 Å². The van der Waals surface area contributed by atoms with Gasteiger partial charge >= 0.3 is 0 Å². The van der Waals surface area contributed by atoms with Crippen LogP contribution < -0.4 is 0 Å². The van der Waals surface area contributed by atoms with Gasteiger partial charge in [0.25, 0.3) is 0 Å². The van der Waals surface area contributed by atoms with E-state index in [0.717, 1.165) is 30.0 Å². The van der Waals surface area contributed by atoms with E-state index in [1.165, 1.54) is 17.2 Å². The molecule has 0 aromatic carbocycles. The van der Waals surface area contributed by atoms with Crippen molar-refractivity contribution in [3.63, 3.8) is 0 Å². The number of hydrogen-bond donors (Lipinski definition) is 0. The molecule has 2 aliphatic carbocycles. The molecule has 0 bridgehead atoms. The SMILES string of the molecule is CC(C)(C)C1=CC(=O)C2=C(C1=O)[Si](C)(C)C1=C2CCCC1. The second-order valence-corrected chi connectivity index (χ2v) is 12.4. The summed E-state index contributed by atoms with van der Waals surface area (Å²) in [7, 11) is -1.94. The molecule has 0 aromatic heterocycles. The number of fused-ring (bicyclic) bond motifs is 1. The van der Waals surface area contributed by atoms with Crippen LogP contribution in [-0.4, -0.2) is 19.6 Å². The quantitative estimate of drug-likeness (QED) is 0.499. The molecule has 0 unspecified atom stereocenters. The number of Topliss-reactive ketones (excluding diaryl/α,β-unsaturated/α-hetero) is 1. The van der Waals surface area contributed by atoms with Gasteiger partial charge in [-0.25, -0.2) is 0 Å². The van der Waals surface area contributed by atoms with E-state index in [1.807, 2.05) is 20.8 Å². The summed E-state index contributed by atoms with van der Waals surface area (Å²) in [5, 5.41) is 2.39. The smallest absolute Gasteiger partial charge is 0.186 e. The summed E-state index contributed by atoms with van der Waals surface area (Å²) in [6.45, 7) is 10.6. The van der Waals surface area contributed by atoms with Gasteiger partial charge in [0, 0.05) is 16.3 Å². The minimum atomic E-state index is -1.94. The van der Waals surface area contributed by atoms with Gasteiger partial charge in [0.2, 0.25) is 0 Å². The number of rotatable bonds is 0. The third-order valence-corrected chi connectivity index (χ3v) is 8.99. The Morgan fingerprint density at radius 3 is 2.29 bits per heavy atom. The molecule has 3 rings (SSSR count). The standard InChI is InChI=1S/C18H24O2Si/c1-18(2,3)12-10-13(19)15-11-8-6-7-9-14(11)21(4,5)17(15)16(12)20/h10H,6-9H2,1-5H3. The van der Waals surface area contributed by atoms with Gasteiger partial charge in [-0.3, -0.25) is 9.59 Å². The zero-order valence-electron chi connectivity index (χ0n) is 13.7. The van der Waals surface area contributed by atoms with Crippen LogP contribution in [0.15, 0.2) is 33.2 Å². The molecule has 0 aromatic rings. The number of allylic oxidation sites excluding steroid dienone is 6. The molecular weight excluding hydrogens is 276 g/mol. The van der Waals surface area contributed by atoms with Crippen LogP contribution in [0.4, 0.5) is 0 Å². The summed E-state index contributed by atoms with van der Waals surface area (Å²) < 4.78 is 0. The maximum absolute atomic E-state index is 13.1. The highest BCUT2D eigenvalue weighted by molar-refractivity contribution is 6.96. The first-order valence-electron chi connectivity index (χ1n) is 7.94. The molecule has 0 radical (unpaired) electrons. The van der Waals surface area contributed by atoms with Crippen LogP contribution in [-0.2, 0) is 9.59 Å². The number of ketones is 2. The van der Waals surface area contributed by atoms with E-state index in [2.05, 4.69) is 13.1 Å². The van der Waals surface area contributed by atoms with Gasteiger partial charge in [-0.1, -0.05) is 39.1 Å². The fourth-order valence-electron chi connectivity index (χ4n) is 4.12. The van der Waals surface area contributed by atoms with E-state index in [4.69, 9.17) is 0 Å². The van der Waals surface area contributed by atoms with Crippen molar-refractivity contribution in [3.8, 4) is 0 Å². The Bertz CT molecular complexity index is 651. The minimum absolute atomic E-state index is 0.0852. The molecule has 3 aliphatic rings. The van der Waals surface area contributed by atoms with E-state index in [9.17, 15) is 9.59 Å². The molecule has 0 atom stereocenters. The second kappa shape index (κ2) is 4.39. The van der Waals surface area contributed by atoms with Crippen molar-refractivity contribution in [2.75, 3.05) is 0 Å². The summed E-state index contributed by atoms with van der Waals surface area (Å²) in [4.78, 5) is 25.8. The summed E-state index contributed by atoms with van der Waals surface area (Å²) in [6, 6.07) is 0.